The van der Waals surface area contributed by atoms with Crippen LogP contribution in [0, 0.1) is 0 Å². The summed E-state index contributed by atoms with van der Waals surface area (Å²) in [6, 6.07) is 36.5. The van der Waals surface area contributed by atoms with Crippen molar-refractivity contribution in [2.75, 3.05) is 0 Å². The van der Waals surface area contributed by atoms with Crippen LogP contribution in [0.5, 0.6) is 0 Å². The maximum atomic E-state index is 2.62. The average molecular weight is 657 g/mol. The minimum Gasteiger partial charge on any atom is -1.00 e. The summed E-state index contributed by atoms with van der Waals surface area (Å²) in [5.74, 6) is 0. The Morgan fingerprint density at radius 3 is 1.37 bits per heavy atom. The quantitative estimate of drug-likeness (QED) is 0.257. The predicted octanol–water partition coefficient (Wildman–Crippen LogP) is 5.21. The Bertz CT molecular complexity index is 1490. The van der Waals surface area contributed by atoms with Gasteiger partial charge in [-0.05, 0) is 0 Å². The Balaban J connectivity index is 0.00000169. The van der Waals surface area contributed by atoms with Gasteiger partial charge in [0.15, 0.2) is 0 Å². The van der Waals surface area contributed by atoms with Gasteiger partial charge in [-0.3, -0.25) is 0 Å². The van der Waals surface area contributed by atoms with Gasteiger partial charge in [-0.1, -0.05) is 0 Å². The molecule has 4 aromatic rings. The zero-order chi connectivity index (χ0) is 26.6. The first-order chi connectivity index (χ1) is 19.2. The van der Waals surface area contributed by atoms with E-state index in [1.165, 1.54) is 43.9 Å². The fourth-order valence-electron chi connectivity index (χ4n) is 8.32. The van der Waals surface area contributed by atoms with Gasteiger partial charge in [0.05, 0.1) is 0 Å². The summed E-state index contributed by atoms with van der Waals surface area (Å²) in [6.07, 6.45) is 8.92. The summed E-state index contributed by atoms with van der Waals surface area (Å²) in [4.78, 5) is 0. The number of halogens is 2. The van der Waals surface area contributed by atoms with Crippen LogP contribution in [-0.4, -0.2) is 0 Å². The van der Waals surface area contributed by atoms with E-state index in [0.29, 0.717) is 7.25 Å². The van der Waals surface area contributed by atoms with Crippen molar-refractivity contribution in [3.63, 3.8) is 0 Å². The molecule has 0 bridgehead atoms. The number of hydrogen-bond acceptors (Lipinski definition) is 0. The van der Waals surface area contributed by atoms with Gasteiger partial charge in [-0.15, -0.1) is 0 Å². The molecule has 4 aromatic carbocycles. The topological polar surface area (TPSA) is 0 Å². The molecular weight excluding hydrogens is 619 g/mol. The van der Waals surface area contributed by atoms with Crippen LogP contribution in [0.2, 0.25) is 7.75 Å². The molecule has 1 fully saturated rings. The van der Waals surface area contributed by atoms with Crippen molar-refractivity contribution in [3.8, 4) is 22.3 Å². The van der Waals surface area contributed by atoms with Crippen LogP contribution in [0.4, 0.5) is 0 Å². The molecule has 0 saturated carbocycles. The van der Waals surface area contributed by atoms with Gasteiger partial charge in [0, 0.05) is 0 Å². The maximum Gasteiger partial charge on any atom is -1.00 e. The minimum atomic E-state index is -2.81. The summed E-state index contributed by atoms with van der Waals surface area (Å²) >= 11 is -2.81. The molecule has 3 atom stereocenters. The molecule has 0 radical (unpaired) electrons. The van der Waals surface area contributed by atoms with Gasteiger partial charge in [0.2, 0.25) is 0 Å². The Hall–Kier alpha value is -2.18. The molecule has 1 saturated heterocycles. The second-order valence-corrected chi connectivity index (χ2v) is 23.1. The SMILES string of the molecule is CCC1=Cc2c(-c3ccccc3)cccc2[CH]1[Zr+2]1([CH]2C(CC)=Cc3c(-c4ccccc4)cccc32)[CH2][CH]1CC.[Cl-].[Cl-]. The third-order valence-electron chi connectivity index (χ3n) is 10.1. The van der Waals surface area contributed by atoms with Crippen LogP contribution in [0.3, 0.4) is 0 Å². The van der Waals surface area contributed by atoms with Crippen LogP contribution < -0.4 is 24.8 Å². The van der Waals surface area contributed by atoms with Crippen LogP contribution in [0.15, 0.2) is 108 Å². The van der Waals surface area contributed by atoms with E-state index in [1.807, 2.05) is 0 Å². The minimum absolute atomic E-state index is 0. The van der Waals surface area contributed by atoms with E-state index in [1.54, 1.807) is 22.3 Å². The van der Waals surface area contributed by atoms with Gasteiger partial charge in [-0.25, -0.2) is 0 Å². The number of fused-ring (bicyclic) bond motifs is 2. The van der Waals surface area contributed by atoms with Crippen molar-refractivity contribution in [2.24, 2.45) is 0 Å². The smallest absolute Gasteiger partial charge is 1.00 e. The van der Waals surface area contributed by atoms with Crippen LogP contribution >= 0.6 is 0 Å². The summed E-state index contributed by atoms with van der Waals surface area (Å²) < 4.78 is 3.87. The zero-order valence-corrected chi connectivity index (χ0v) is 28.2. The molecule has 41 heavy (non-hydrogen) atoms. The normalized spacial score (nSPS) is 21.9. The molecule has 0 nitrogen and oxygen atoms in total. The van der Waals surface area contributed by atoms with Crippen LogP contribution in [0.25, 0.3) is 34.4 Å². The molecule has 0 N–H and O–H groups in total. The number of rotatable bonds is 7. The van der Waals surface area contributed by atoms with Crippen molar-refractivity contribution >= 4 is 12.2 Å². The molecule has 1 aliphatic heterocycles. The largest absolute Gasteiger partial charge is 1.00 e. The third kappa shape index (κ3) is 4.77. The summed E-state index contributed by atoms with van der Waals surface area (Å²) in [6.45, 7) is 7.28. The first-order valence-corrected chi connectivity index (χ1v) is 21.0. The number of benzene rings is 4. The first kappa shape index (κ1) is 30.3. The van der Waals surface area contributed by atoms with Crippen molar-refractivity contribution in [2.45, 2.75) is 55.0 Å². The third-order valence-corrected chi connectivity index (χ3v) is 25.6. The van der Waals surface area contributed by atoms with Gasteiger partial charge in [-0.2, -0.15) is 0 Å². The molecule has 2 aliphatic carbocycles. The van der Waals surface area contributed by atoms with E-state index < -0.39 is 20.3 Å². The first-order valence-electron chi connectivity index (χ1n) is 15.0. The van der Waals surface area contributed by atoms with Crippen molar-refractivity contribution in [1.29, 1.82) is 0 Å². The van der Waals surface area contributed by atoms with Crippen molar-refractivity contribution < 1.29 is 45.1 Å². The molecule has 7 rings (SSSR count). The number of hydrogen-bond donors (Lipinski definition) is 0. The molecule has 3 unspecified atom stereocenters. The van der Waals surface area contributed by atoms with E-state index in [2.05, 4.69) is 130 Å². The fourth-order valence-corrected chi connectivity index (χ4v) is 29.3. The molecule has 3 aliphatic rings. The molecule has 208 valence electrons. The Morgan fingerprint density at radius 1 is 0.561 bits per heavy atom. The second-order valence-electron chi connectivity index (χ2n) is 11.8. The maximum absolute atomic E-state index is 2.81. The number of allylic oxidation sites excluding steroid dienone is 2. The Labute approximate surface area is 263 Å². The van der Waals surface area contributed by atoms with Crippen molar-refractivity contribution in [1.82, 2.24) is 0 Å². The Morgan fingerprint density at radius 2 is 1.00 bits per heavy atom. The van der Waals surface area contributed by atoms with E-state index in [4.69, 9.17) is 0 Å². The zero-order valence-electron chi connectivity index (χ0n) is 24.2. The molecule has 3 heteroatoms. The molecule has 0 spiro atoms. The second kappa shape index (κ2) is 12.2. The summed E-state index contributed by atoms with van der Waals surface area (Å²) in [7, 11) is 0. The van der Waals surface area contributed by atoms with E-state index in [0.717, 1.165) is 16.5 Å². The summed E-state index contributed by atoms with van der Waals surface area (Å²) in [5, 5.41) is 0. The monoisotopic (exact) mass is 654 g/mol. The van der Waals surface area contributed by atoms with Gasteiger partial charge < -0.3 is 24.8 Å². The van der Waals surface area contributed by atoms with E-state index >= 15 is 0 Å². The average Bonchev–Trinajstić information content (AvgIpc) is 3.39. The van der Waals surface area contributed by atoms with Gasteiger partial charge in [0.25, 0.3) is 0 Å². The van der Waals surface area contributed by atoms with Crippen molar-refractivity contribution in [3.05, 3.63) is 130 Å². The fraction of sp³-hybridized carbons (Fsp3) is 0.263. The molecule has 1 heterocycles. The molecule has 0 amide bonds. The van der Waals surface area contributed by atoms with E-state index in [9.17, 15) is 0 Å². The van der Waals surface area contributed by atoms with Crippen LogP contribution in [0.1, 0.15) is 69.5 Å². The predicted molar refractivity (Wildman–Crippen MR) is 165 cm³/mol. The standard InChI is InChI=1S/2C17H15.C4H8.2ClH.Zr/c2*1-2-13-11-15-9-6-10-16(17(15)12-13)14-7-4-3-5-8-14;1-3-4-2;;;/h2*3-12H,2H2,1H3;3H,1,4H2,2H3;2*1H;/q;;;;;+2/p-2. The Kier molecular flexibility index (Phi) is 9.02. The van der Waals surface area contributed by atoms with Gasteiger partial charge >= 0.3 is 240 Å². The molecular formula is C38H38Cl2Zr. The molecule has 0 aromatic heterocycles. The van der Waals surface area contributed by atoms with Crippen LogP contribution in [-0.2, 0) is 20.3 Å². The van der Waals surface area contributed by atoms with E-state index in [-0.39, 0.29) is 24.8 Å². The summed E-state index contributed by atoms with van der Waals surface area (Å²) in [5.41, 5.74) is 15.3. The van der Waals surface area contributed by atoms with Gasteiger partial charge in [0.1, 0.15) is 0 Å².